The second-order valence-electron chi connectivity index (χ2n) is 6.27. The Morgan fingerprint density at radius 2 is 1.83 bits per heavy atom. The summed E-state index contributed by atoms with van der Waals surface area (Å²) in [5.74, 6) is 0. The van der Waals surface area contributed by atoms with Crippen molar-refractivity contribution >= 4 is 0 Å². The maximum Gasteiger partial charge on any atom is 0.184 e. The van der Waals surface area contributed by atoms with Gasteiger partial charge >= 0.3 is 0 Å². The van der Waals surface area contributed by atoms with Gasteiger partial charge in [0, 0.05) is 18.8 Å². The van der Waals surface area contributed by atoms with Crippen molar-refractivity contribution in [2.75, 3.05) is 26.4 Å². The molecule has 136 valence electrons. The molecule has 1 aliphatic rings. The molecule has 1 aliphatic heterocycles. The Balaban J connectivity index is 1.90. The van der Waals surface area contributed by atoms with Crippen LogP contribution in [-0.2, 0) is 18.9 Å². The number of unbranched alkanes of at least 4 members (excludes halogenated alkanes) is 2. The third kappa shape index (κ3) is 6.52. The van der Waals surface area contributed by atoms with E-state index in [-0.39, 0.29) is 18.5 Å². The predicted octanol–water partition coefficient (Wildman–Crippen LogP) is 4.49. The second kappa shape index (κ2) is 11.6. The Labute approximate surface area is 146 Å². The molecule has 4 nitrogen and oxygen atoms in total. The van der Waals surface area contributed by atoms with Crippen LogP contribution in [0.4, 0.5) is 0 Å². The van der Waals surface area contributed by atoms with Gasteiger partial charge < -0.3 is 18.9 Å². The molecule has 0 radical (unpaired) electrons. The van der Waals surface area contributed by atoms with E-state index in [2.05, 4.69) is 13.8 Å². The van der Waals surface area contributed by atoms with Crippen LogP contribution in [0.3, 0.4) is 0 Å². The first-order valence-corrected chi connectivity index (χ1v) is 9.36. The van der Waals surface area contributed by atoms with E-state index in [0.29, 0.717) is 13.2 Å². The molecule has 0 aromatic heterocycles. The molecule has 2 unspecified atom stereocenters. The van der Waals surface area contributed by atoms with Crippen LogP contribution < -0.4 is 0 Å². The van der Waals surface area contributed by atoms with Gasteiger partial charge in [0.05, 0.1) is 19.3 Å². The van der Waals surface area contributed by atoms with E-state index < -0.39 is 0 Å². The van der Waals surface area contributed by atoms with Crippen LogP contribution in [0.1, 0.15) is 57.8 Å². The summed E-state index contributed by atoms with van der Waals surface area (Å²) >= 11 is 0. The molecule has 0 spiro atoms. The van der Waals surface area contributed by atoms with Gasteiger partial charge in [-0.25, -0.2) is 0 Å². The fraction of sp³-hybridized carbons (Fsp3) is 0.700. The van der Waals surface area contributed by atoms with E-state index in [1.807, 2.05) is 30.3 Å². The number of benzene rings is 1. The number of hydrogen-bond acceptors (Lipinski definition) is 4. The molecule has 0 saturated carbocycles. The average molecular weight is 336 g/mol. The molecule has 0 bridgehead atoms. The molecule has 0 aliphatic carbocycles. The monoisotopic (exact) mass is 336 g/mol. The van der Waals surface area contributed by atoms with E-state index in [1.54, 1.807) is 0 Å². The number of hydrogen-bond donors (Lipinski definition) is 0. The summed E-state index contributed by atoms with van der Waals surface area (Å²) in [5.41, 5.74) is 1.06. The van der Waals surface area contributed by atoms with Crippen LogP contribution in [0.25, 0.3) is 0 Å². The molecule has 1 fully saturated rings. The topological polar surface area (TPSA) is 36.9 Å². The Bertz CT molecular complexity index is 423. The zero-order chi connectivity index (χ0) is 17.0. The molecule has 0 amide bonds. The highest BCUT2D eigenvalue weighted by Gasteiger charge is 2.31. The van der Waals surface area contributed by atoms with Crippen LogP contribution in [-0.4, -0.2) is 38.6 Å². The highest BCUT2D eigenvalue weighted by molar-refractivity contribution is 5.16. The van der Waals surface area contributed by atoms with Crippen LogP contribution in [0.15, 0.2) is 30.3 Å². The quantitative estimate of drug-likeness (QED) is 0.558. The molecule has 1 saturated heterocycles. The van der Waals surface area contributed by atoms with Gasteiger partial charge in [-0.05, 0) is 19.3 Å². The minimum atomic E-state index is -0.308. The van der Waals surface area contributed by atoms with Gasteiger partial charge in [-0.1, -0.05) is 57.0 Å². The van der Waals surface area contributed by atoms with Crippen LogP contribution in [0.2, 0.25) is 0 Å². The largest absolute Gasteiger partial charge is 0.379 e. The maximum absolute atomic E-state index is 6.20. The first-order chi connectivity index (χ1) is 11.8. The van der Waals surface area contributed by atoms with E-state index in [0.717, 1.165) is 50.9 Å². The lowest BCUT2D eigenvalue weighted by Gasteiger charge is -2.35. The van der Waals surface area contributed by atoms with Crippen molar-refractivity contribution in [3.63, 3.8) is 0 Å². The van der Waals surface area contributed by atoms with Gasteiger partial charge in [-0.15, -0.1) is 0 Å². The van der Waals surface area contributed by atoms with E-state index in [1.165, 1.54) is 0 Å². The minimum absolute atomic E-state index is 0.0161. The van der Waals surface area contributed by atoms with Gasteiger partial charge in [0.25, 0.3) is 0 Å². The molecule has 1 aromatic rings. The fourth-order valence-corrected chi connectivity index (χ4v) is 2.70. The Morgan fingerprint density at radius 1 is 1.08 bits per heavy atom. The number of rotatable bonds is 11. The van der Waals surface area contributed by atoms with Crippen LogP contribution in [0, 0.1) is 0 Å². The standard InChI is InChI=1S/C20H32O4/c1-3-5-13-21-16-19(22-14-6-4-2)18-12-15-23-20(24-18)17-10-8-7-9-11-17/h7-11,18-20H,3-6,12-16H2,1-2H3/t18-,19?,20?/m1/s1. The van der Waals surface area contributed by atoms with E-state index in [9.17, 15) is 0 Å². The van der Waals surface area contributed by atoms with Crippen molar-refractivity contribution < 1.29 is 18.9 Å². The molecular weight excluding hydrogens is 304 g/mol. The molecule has 3 atom stereocenters. The normalized spacial score (nSPS) is 22.4. The zero-order valence-corrected chi connectivity index (χ0v) is 15.1. The second-order valence-corrected chi connectivity index (χ2v) is 6.27. The third-order valence-electron chi connectivity index (χ3n) is 4.21. The lowest BCUT2D eigenvalue weighted by molar-refractivity contribution is -0.248. The Morgan fingerprint density at radius 3 is 2.58 bits per heavy atom. The maximum atomic E-state index is 6.20. The Kier molecular flexibility index (Phi) is 9.36. The van der Waals surface area contributed by atoms with Crippen molar-refractivity contribution in [1.29, 1.82) is 0 Å². The van der Waals surface area contributed by atoms with Crippen molar-refractivity contribution in [2.45, 2.75) is 64.4 Å². The summed E-state index contributed by atoms with van der Waals surface area (Å²) in [6.45, 7) is 7.17. The molecule has 1 heterocycles. The summed E-state index contributed by atoms with van der Waals surface area (Å²) in [5, 5.41) is 0. The molecule has 24 heavy (non-hydrogen) atoms. The summed E-state index contributed by atoms with van der Waals surface area (Å²) in [6, 6.07) is 10.1. The lowest BCUT2D eigenvalue weighted by Crippen LogP contribution is -2.41. The van der Waals surface area contributed by atoms with Crippen LogP contribution >= 0.6 is 0 Å². The molecular formula is C20H32O4. The van der Waals surface area contributed by atoms with Crippen molar-refractivity contribution in [2.24, 2.45) is 0 Å². The van der Waals surface area contributed by atoms with Crippen molar-refractivity contribution in [3.05, 3.63) is 35.9 Å². The van der Waals surface area contributed by atoms with E-state index in [4.69, 9.17) is 18.9 Å². The van der Waals surface area contributed by atoms with Crippen molar-refractivity contribution in [1.82, 2.24) is 0 Å². The fourth-order valence-electron chi connectivity index (χ4n) is 2.70. The zero-order valence-electron chi connectivity index (χ0n) is 15.1. The highest BCUT2D eigenvalue weighted by Crippen LogP contribution is 2.28. The van der Waals surface area contributed by atoms with Gasteiger partial charge in [0.15, 0.2) is 6.29 Å². The summed E-state index contributed by atoms with van der Waals surface area (Å²) in [6.07, 6.45) is 4.95. The van der Waals surface area contributed by atoms with Gasteiger partial charge in [-0.3, -0.25) is 0 Å². The van der Waals surface area contributed by atoms with Gasteiger partial charge in [-0.2, -0.15) is 0 Å². The summed E-state index contributed by atoms with van der Waals surface area (Å²) < 4.78 is 23.9. The minimum Gasteiger partial charge on any atom is -0.379 e. The molecule has 0 N–H and O–H groups in total. The molecule has 2 rings (SSSR count). The van der Waals surface area contributed by atoms with Crippen LogP contribution in [0.5, 0.6) is 0 Å². The smallest absolute Gasteiger partial charge is 0.184 e. The average Bonchev–Trinajstić information content (AvgIpc) is 2.64. The molecule has 4 heteroatoms. The van der Waals surface area contributed by atoms with Gasteiger partial charge in [0.2, 0.25) is 0 Å². The van der Waals surface area contributed by atoms with E-state index >= 15 is 0 Å². The van der Waals surface area contributed by atoms with Crippen molar-refractivity contribution in [3.8, 4) is 0 Å². The lowest BCUT2D eigenvalue weighted by atomic mass is 10.1. The molecule has 1 aromatic carbocycles. The highest BCUT2D eigenvalue weighted by atomic mass is 16.7. The predicted molar refractivity (Wildman–Crippen MR) is 95.0 cm³/mol. The summed E-state index contributed by atoms with van der Waals surface area (Å²) in [4.78, 5) is 0. The first-order valence-electron chi connectivity index (χ1n) is 9.36. The summed E-state index contributed by atoms with van der Waals surface area (Å²) in [7, 11) is 0. The number of ether oxygens (including phenoxy) is 4. The first kappa shape index (κ1) is 19.4. The Hall–Kier alpha value is -0.940. The SMILES string of the molecule is CCCCOCC(OCCCC)[C@H]1CCOC(c2ccccc2)O1. The van der Waals surface area contributed by atoms with Gasteiger partial charge in [0.1, 0.15) is 6.10 Å². The third-order valence-corrected chi connectivity index (χ3v) is 4.21.